The summed E-state index contributed by atoms with van der Waals surface area (Å²) in [4.78, 5) is 9.19. The Kier molecular flexibility index (Phi) is 12.6. The molecule has 0 radical (unpaired) electrons. The van der Waals surface area contributed by atoms with E-state index < -0.39 is 6.17 Å². The van der Waals surface area contributed by atoms with E-state index in [-0.39, 0.29) is 6.61 Å². The molecule has 1 atom stereocenters. The van der Waals surface area contributed by atoms with Crippen molar-refractivity contribution in [2.45, 2.75) is 97.6 Å². The van der Waals surface area contributed by atoms with Crippen molar-refractivity contribution in [3.05, 3.63) is 66.5 Å². The van der Waals surface area contributed by atoms with Gasteiger partial charge in [0, 0.05) is 23.5 Å². The van der Waals surface area contributed by atoms with Gasteiger partial charge in [0.25, 0.3) is 0 Å². The van der Waals surface area contributed by atoms with E-state index in [0.29, 0.717) is 18.1 Å². The summed E-state index contributed by atoms with van der Waals surface area (Å²) in [7, 11) is 0. The summed E-state index contributed by atoms with van der Waals surface area (Å²) in [5.74, 6) is 1.74. The topological polar surface area (TPSA) is 35.0 Å². The van der Waals surface area contributed by atoms with E-state index in [9.17, 15) is 4.39 Å². The molecule has 200 valence electrons. The number of aromatic nitrogens is 2. The van der Waals surface area contributed by atoms with Crippen LogP contribution in [0.25, 0.3) is 22.5 Å². The molecule has 1 unspecified atom stereocenters. The summed E-state index contributed by atoms with van der Waals surface area (Å²) in [6.07, 6.45) is 16.7. The van der Waals surface area contributed by atoms with Crippen LogP contribution in [0.3, 0.4) is 0 Å². The van der Waals surface area contributed by atoms with E-state index >= 15 is 0 Å². The number of halogens is 1. The van der Waals surface area contributed by atoms with Crippen molar-refractivity contribution in [1.82, 2.24) is 9.97 Å². The minimum atomic E-state index is -0.940. The van der Waals surface area contributed by atoms with Gasteiger partial charge in [-0.3, -0.25) is 0 Å². The molecule has 0 aliphatic rings. The fourth-order valence-electron chi connectivity index (χ4n) is 4.60. The summed E-state index contributed by atoms with van der Waals surface area (Å²) in [5.41, 5.74) is 4.37. The van der Waals surface area contributed by atoms with Crippen LogP contribution in [0.1, 0.15) is 90.5 Å². The average molecular weight is 505 g/mol. The van der Waals surface area contributed by atoms with Crippen LogP contribution >= 0.6 is 0 Å². The molecule has 0 spiro atoms. The van der Waals surface area contributed by atoms with Crippen LogP contribution in [-0.2, 0) is 6.42 Å². The molecule has 0 aliphatic carbocycles. The van der Waals surface area contributed by atoms with Crippen molar-refractivity contribution in [2.75, 3.05) is 6.61 Å². The van der Waals surface area contributed by atoms with Gasteiger partial charge in [-0.15, -0.1) is 0 Å². The van der Waals surface area contributed by atoms with Gasteiger partial charge in [-0.2, -0.15) is 0 Å². The molecule has 3 nitrogen and oxygen atoms in total. The summed E-state index contributed by atoms with van der Waals surface area (Å²) in [5, 5.41) is 0. The van der Waals surface area contributed by atoms with Crippen molar-refractivity contribution in [2.24, 2.45) is 5.92 Å². The SMILES string of the molecule is CCCCCCCCCCCc1ccc(-c2ncc(-c3ccc(OCC(F)CC(C)C)cc3)cn2)cc1. The Balaban J connectivity index is 1.42. The van der Waals surface area contributed by atoms with Crippen LogP contribution in [0, 0.1) is 5.92 Å². The highest BCUT2D eigenvalue weighted by molar-refractivity contribution is 5.64. The van der Waals surface area contributed by atoms with Crippen LogP contribution in [0.15, 0.2) is 60.9 Å². The largest absolute Gasteiger partial charge is 0.491 e. The first-order chi connectivity index (χ1) is 18.0. The monoisotopic (exact) mass is 504 g/mol. The third kappa shape index (κ3) is 10.6. The van der Waals surface area contributed by atoms with Gasteiger partial charge in [0.1, 0.15) is 18.5 Å². The Morgan fingerprint density at radius 1 is 0.703 bits per heavy atom. The predicted molar refractivity (Wildman–Crippen MR) is 154 cm³/mol. The lowest BCUT2D eigenvalue weighted by Gasteiger charge is -2.12. The molecule has 0 saturated carbocycles. The first kappa shape index (κ1) is 28.8. The molecule has 0 amide bonds. The Morgan fingerprint density at radius 2 is 1.27 bits per heavy atom. The lowest BCUT2D eigenvalue weighted by atomic mass is 10.0. The molecule has 0 bridgehead atoms. The number of unbranched alkanes of at least 4 members (excludes halogenated alkanes) is 8. The van der Waals surface area contributed by atoms with Crippen LogP contribution in [0.5, 0.6) is 5.75 Å². The molecule has 3 aromatic rings. The number of rotatable bonds is 17. The molecular weight excluding hydrogens is 459 g/mol. The van der Waals surface area contributed by atoms with Gasteiger partial charge in [-0.05, 0) is 48.4 Å². The van der Waals surface area contributed by atoms with Crippen molar-refractivity contribution in [3.8, 4) is 28.3 Å². The quantitative estimate of drug-likeness (QED) is 0.172. The second-order valence-corrected chi connectivity index (χ2v) is 10.6. The lowest BCUT2D eigenvalue weighted by molar-refractivity contribution is 0.174. The van der Waals surface area contributed by atoms with Crippen molar-refractivity contribution in [3.63, 3.8) is 0 Å². The third-order valence-corrected chi connectivity index (χ3v) is 6.78. The van der Waals surface area contributed by atoms with E-state index in [4.69, 9.17) is 4.74 Å². The second kappa shape index (κ2) is 16.2. The van der Waals surface area contributed by atoms with Gasteiger partial charge in [0.15, 0.2) is 5.82 Å². The fourth-order valence-corrected chi connectivity index (χ4v) is 4.60. The van der Waals surface area contributed by atoms with Gasteiger partial charge in [0.05, 0.1) is 0 Å². The molecule has 0 saturated heterocycles. The molecule has 1 heterocycles. The summed E-state index contributed by atoms with van der Waals surface area (Å²) in [6.45, 7) is 6.40. The molecule has 2 aromatic carbocycles. The van der Waals surface area contributed by atoms with Gasteiger partial charge in [-0.25, -0.2) is 14.4 Å². The number of aryl methyl sites for hydroxylation is 1. The zero-order valence-corrected chi connectivity index (χ0v) is 23.1. The maximum Gasteiger partial charge on any atom is 0.159 e. The standard InChI is InChI=1S/C33H45FN2O/c1-4-5-6-7-8-9-10-11-12-13-27-14-16-29(17-15-27)33-35-23-30(24-36-33)28-18-20-32(21-19-28)37-25-31(34)22-26(2)3/h14-21,23-24,26,31H,4-13,22,25H2,1-3H3. The summed E-state index contributed by atoms with van der Waals surface area (Å²) in [6, 6.07) is 16.3. The highest BCUT2D eigenvalue weighted by Gasteiger charge is 2.10. The number of benzene rings is 2. The van der Waals surface area contributed by atoms with Gasteiger partial charge < -0.3 is 4.74 Å². The molecule has 37 heavy (non-hydrogen) atoms. The minimum absolute atomic E-state index is 0.0906. The maximum absolute atomic E-state index is 13.9. The Labute approximate surface area is 223 Å². The highest BCUT2D eigenvalue weighted by Crippen LogP contribution is 2.24. The zero-order valence-electron chi connectivity index (χ0n) is 23.1. The number of nitrogens with zero attached hydrogens (tertiary/aromatic N) is 2. The van der Waals surface area contributed by atoms with Gasteiger partial charge in [-0.1, -0.05) is 109 Å². The molecular formula is C33H45FN2O. The maximum atomic E-state index is 13.9. The van der Waals surface area contributed by atoms with Crippen LogP contribution in [0.4, 0.5) is 4.39 Å². The Hall–Kier alpha value is -2.75. The smallest absolute Gasteiger partial charge is 0.159 e. The van der Waals surface area contributed by atoms with Gasteiger partial charge >= 0.3 is 0 Å². The molecule has 3 rings (SSSR count). The van der Waals surface area contributed by atoms with Crippen LogP contribution in [-0.4, -0.2) is 22.7 Å². The first-order valence-electron chi connectivity index (χ1n) is 14.3. The molecule has 0 N–H and O–H groups in total. The second-order valence-electron chi connectivity index (χ2n) is 10.6. The van der Waals surface area contributed by atoms with E-state index in [2.05, 4.69) is 41.2 Å². The number of alkyl halides is 1. The van der Waals surface area contributed by atoms with Gasteiger partial charge in [0.2, 0.25) is 0 Å². The Morgan fingerprint density at radius 3 is 1.86 bits per heavy atom. The lowest BCUT2D eigenvalue weighted by Crippen LogP contribution is -2.15. The number of ether oxygens (including phenoxy) is 1. The van der Waals surface area contributed by atoms with E-state index in [1.807, 2.05) is 50.5 Å². The van der Waals surface area contributed by atoms with Crippen molar-refractivity contribution < 1.29 is 9.13 Å². The van der Waals surface area contributed by atoms with E-state index in [1.54, 1.807) is 0 Å². The highest BCUT2D eigenvalue weighted by atomic mass is 19.1. The van der Waals surface area contributed by atoms with Crippen LogP contribution < -0.4 is 4.74 Å². The normalized spacial score (nSPS) is 12.1. The molecule has 0 fully saturated rings. The molecule has 1 aromatic heterocycles. The fraction of sp³-hybridized carbons (Fsp3) is 0.515. The minimum Gasteiger partial charge on any atom is -0.491 e. The van der Waals surface area contributed by atoms with Crippen LogP contribution in [0.2, 0.25) is 0 Å². The summed E-state index contributed by atoms with van der Waals surface area (Å²) >= 11 is 0. The average Bonchev–Trinajstić information content (AvgIpc) is 2.91. The van der Waals surface area contributed by atoms with E-state index in [1.165, 1.54) is 63.4 Å². The number of hydrogen-bond donors (Lipinski definition) is 0. The summed E-state index contributed by atoms with van der Waals surface area (Å²) < 4.78 is 19.5. The predicted octanol–water partition coefficient (Wildman–Crippen LogP) is 9.65. The van der Waals surface area contributed by atoms with Crippen molar-refractivity contribution >= 4 is 0 Å². The molecule has 0 aliphatic heterocycles. The van der Waals surface area contributed by atoms with E-state index in [0.717, 1.165) is 28.9 Å². The number of hydrogen-bond acceptors (Lipinski definition) is 3. The zero-order chi connectivity index (χ0) is 26.3. The first-order valence-corrected chi connectivity index (χ1v) is 14.3. The molecule has 4 heteroatoms. The third-order valence-electron chi connectivity index (χ3n) is 6.78. The van der Waals surface area contributed by atoms with Crippen molar-refractivity contribution in [1.29, 1.82) is 0 Å². The Bertz CT molecular complexity index is 1000.